The van der Waals surface area contributed by atoms with Crippen molar-refractivity contribution in [1.82, 2.24) is 10.2 Å². The van der Waals surface area contributed by atoms with Crippen molar-refractivity contribution in [2.75, 3.05) is 40.0 Å². The first-order chi connectivity index (χ1) is 30.0. The van der Waals surface area contributed by atoms with Crippen LogP contribution in [0.25, 0.3) is 10.8 Å². The van der Waals surface area contributed by atoms with Crippen LogP contribution in [0.2, 0.25) is 0 Å². The zero-order valence-corrected chi connectivity index (χ0v) is 36.4. The first-order valence-corrected chi connectivity index (χ1v) is 21.5. The minimum atomic E-state index is -3.92. The zero-order chi connectivity index (χ0) is 47.3. The number of hydrogen-bond acceptors (Lipinski definition) is 15. The van der Waals surface area contributed by atoms with Crippen LogP contribution in [0, 0.1) is 38.0 Å². The summed E-state index contributed by atoms with van der Waals surface area (Å²) >= 11 is 0. The predicted molar refractivity (Wildman–Crippen MR) is 226 cm³/mol. The number of nitro benzene ring substituents is 2. The Morgan fingerprint density at radius 2 is 1.33 bits per heavy atom. The van der Waals surface area contributed by atoms with Crippen LogP contribution in [0.5, 0.6) is 5.75 Å². The van der Waals surface area contributed by atoms with Crippen molar-refractivity contribution in [3.05, 3.63) is 133 Å². The number of esters is 3. The Kier molecular flexibility index (Phi) is 14.6. The van der Waals surface area contributed by atoms with Gasteiger partial charge in [-0.2, -0.15) is 0 Å². The van der Waals surface area contributed by atoms with Gasteiger partial charge in [-0.25, -0.2) is 27.6 Å². The molecule has 64 heavy (non-hydrogen) atoms. The van der Waals surface area contributed by atoms with Gasteiger partial charge in [0.15, 0.2) is 0 Å². The van der Waals surface area contributed by atoms with E-state index in [0.29, 0.717) is 35.2 Å². The van der Waals surface area contributed by atoms with Gasteiger partial charge in [-0.15, -0.1) is 0 Å². The Labute approximate surface area is 367 Å². The lowest BCUT2D eigenvalue weighted by atomic mass is 9.74. The molecule has 6 rings (SSSR count). The molecule has 0 saturated carbocycles. The van der Waals surface area contributed by atoms with Crippen LogP contribution < -0.4 is 10.1 Å². The highest BCUT2D eigenvalue weighted by Crippen LogP contribution is 2.49. The third kappa shape index (κ3) is 11.5. The van der Waals surface area contributed by atoms with Gasteiger partial charge >= 0.3 is 24.0 Å². The highest BCUT2D eigenvalue weighted by molar-refractivity contribution is 7.84. The van der Waals surface area contributed by atoms with Crippen molar-refractivity contribution >= 4 is 62.2 Å². The molecule has 21 heteroatoms. The molecule has 0 aromatic heterocycles. The number of nitrogens with zero attached hydrogens (tertiary/aromatic N) is 4. The first-order valence-electron chi connectivity index (χ1n) is 19.6. The summed E-state index contributed by atoms with van der Waals surface area (Å²) in [5.74, 6) is -3.36. The van der Waals surface area contributed by atoms with E-state index >= 15 is 0 Å². The molecule has 0 spiro atoms. The number of non-ortho nitro benzene ring substituents is 2. The summed E-state index contributed by atoms with van der Waals surface area (Å²) < 4.78 is 44.2. The predicted octanol–water partition coefficient (Wildman–Crippen LogP) is 5.11. The maximum Gasteiger partial charge on any atom is 0.415 e. The number of ether oxygens (including phenoxy) is 3. The summed E-state index contributed by atoms with van der Waals surface area (Å²) in [6.45, 7) is 6.86. The molecule has 0 aliphatic carbocycles. The highest BCUT2D eigenvalue weighted by Gasteiger charge is 2.59. The summed E-state index contributed by atoms with van der Waals surface area (Å²) in [6.07, 6.45) is -0.346. The molecule has 0 radical (unpaired) electrons. The van der Waals surface area contributed by atoms with Gasteiger partial charge in [0.2, 0.25) is 5.91 Å². The maximum absolute atomic E-state index is 13.7. The van der Waals surface area contributed by atoms with Gasteiger partial charge < -0.3 is 33.5 Å². The summed E-state index contributed by atoms with van der Waals surface area (Å²) in [5.41, 5.74) is 0.920. The molecule has 338 valence electrons. The van der Waals surface area contributed by atoms with Gasteiger partial charge in [-0.05, 0) is 41.6 Å². The SMILES string of the molecule is CC(C)[C@H]1C(=O)N2C(C(=O)OC(=O)c3ccc([N+](=O)[O-])cc3)=C(COc3cccc4c(C[N+](C)(C)CCNC(=O)OC(=O)c5ccc([N+](=O)[O-])cc5)cccc34)[C@H](C)[C@H]12.CS(=O)(=O)[O-]. The molecule has 0 unspecified atom stereocenters. The number of alkyl carbamates (subject to hydrolysis) is 1. The number of amides is 2. The Balaban J connectivity index is 0.00000146. The van der Waals surface area contributed by atoms with Crippen molar-refractivity contribution in [3.63, 3.8) is 0 Å². The van der Waals surface area contributed by atoms with Gasteiger partial charge in [0.05, 0.1) is 70.2 Å². The Bertz CT molecular complexity index is 2640. The Morgan fingerprint density at radius 3 is 1.86 bits per heavy atom. The van der Waals surface area contributed by atoms with Crippen molar-refractivity contribution in [2.45, 2.75) is 33.4 Å². The fourth-order valence-corrected chi connectivity index (χ4v) is 7.59. The van der Waals surface area contributed by atoms with Crippen LogP contribution in [0.4, 0.5) is 16.2 Å². The molecule has 2 amide bonds. The molecule has 3 atom stereocenters. The Morgan fingerprint density at radius 1 is 0.812 bits per heavy atom. The molecule has 1 fully saturated rings. The summed E-state index contributed by atoms with van der Waals surface area (Å²) in [7, 11) is 0.0367. The lowest BCUT2D eigenvalue weighted by Crippen LogP contribution is -2.62. The minimum absolute atomic E-state index is 0.00656. The van der Waals surface area contributed by atoms with Crippen molar-refractivity contribution in [2.24, 2.45) is 17.8 Å². The number of fused-ring (bicyclic) bond motifs is 2. The van der Waals surface area contributed by atoms with Crippen LogP contribution in [-0.4, -0.2) is 108 Å². The number of nitrogens with one attached hydrogen (secondary N) is 1. The fourth-order valence-electron chi connectivity index (χ4n) is 7.59. The number of likely N-dealkylation sites (N-methyl/N-ethyl adjacent to an activating group) is 1. The summed E-state index contributed by atoms with van der Waals surface area (Å²) in [6, 6.07) is 20.4. The van der Waals surface area contributed by atoms with Gasteiger partial charge in [-0.1, -0.05) is 51.1 Å². The molecule has 0 bridgehead atoms. The number of carbonyl (C=O) groups is 5. The second-order valence-electron chi connectivity index (χ2n) is 16.1. The normalized spacial score (nSPS) is 16.8. The molecule has 1 N–H and O–H groups in total. The monoisotopic (exact) mass is 903 g/mol. The summed E-state index contributed by atoms with van der Waals surface area (Å²) in [5, 5.41) is 26.2. The van der Waals surface area contributed by atoms with Crippen LogP contribution in [-0.2, 0) is 35.7 Å². The first kappa shape index (κ1) is 47.9. The van der Waals surface area contributed by atoms with E-state index in [4.69, 9.17) is 27.2 Å². The topological polar surface area (TPSA) is 272 Å². The third-order valence-corrected chi connectivity index (χ3v) is 10.6. The highest BCUT2D eigenvalue weighted by atomic mass is 32.2. The number of benzene rings is 4. The van der Waals surface area contributed by atoms with E-state index in [1.54, 1.807) is 6.07 Å². The average molecular weight is 904 g/mol. The Hall–Kier alpha value is -7.10. The van der Waals surface area contributed by atoms with Crippen LogP contribution >= 0.6 is 0 Å². The quantitative estimate of drug-likeness (QED) is 0.0328. The van der Waals surface area contributed by atoms with Crippen LogP contribution in [0.15, 0.2) is 96.2 Å². The van der Waals surface area contributed by atoms with Gasteiger partial charge in [0.25, 0.3) is 11.4 Å². The molecule has 4 aromatic carbocycles. The van der Waals surface area contributed by atoms with E-state index in [9.17, 15) is 44.2 Å². The number of rotatable bonds is 14. The molecule has 1 saturated heterocycles. The zero-order valence-electron chi connectivity index (χ0n) is 35.5. The second kappa shape index (κ2) is 19.5. The number of β-lactam (4-membered cyclic amide) rings is 1. The van der Waals surface area contributed by atoms with E-state index in [0.717, 1.165) is 40.6 Å². The lowest BCUT2D eigenvalue weighted by molar-refractivity contribution is -0.902. The van der Waals surface area contributed by atoms with Crippen LogP contribution in [0.1, 0.15) is 47.1 Å². The van der Waals surface area contributed by atoms with Crippen molar-refractivity contribution in [1.29, 1.82) is 0 Å². The van der Waals surface area contributed by atoms with E-state index < -0.39 is 44.0 Å². The number of quaternary nitrogens is 1. The van der Waals surface area contributed by atoms with Crippen molar-refractivity contribution < 1.29 is 65.5 Å². The molecular weight excluding hydrogens is 859 g/mol. The van der Waals surface area contributed by atoms with Gasteiger partial charge in [-0.3, -0.25) is 25.0 Å². The number of carbonyl (C=O) groups excluding carboxylic acids is 5. The molecular formula is C43H45N5O15S. The smallest absolute Gasteiger partial charge is 0.415 e. The van der Waals surface area contributed by atoms with E-state index in [-0.39, 0.29) is 71.1 Å². The van der Waals surface area contributed by atoms with Gasteiger partial charge in [0.1, 0.15) is 24.6 Å². The summed E-state index contributed by atoms with van der Waals surface area (Å²) in [4.78, 5) is 86.9. The van der Waals surface area contributed by atoms with E-state index in [2.05, 4.69) is 5.32 Å². The maximum atomic E-state index is 13.7. The van der Waals surface area contributed by atoms with E-state index in [1.807, 2.05) is 65.2 Å². The molecule has 20 nitrogen and oxygen atoms in total. The number of hydrogen-bond donors (Lipinski definition) is 1. The lowest BCUT2D eigenvalue weighted by Gasteiger charge is -2.47. The molecule has 2 aliphatic heterocycles. The van der Waals surface area contributed by atoms with Crippen molar-refractivity contribution in [3.8, 4) is 5.75 Å². The van der Waals surface area contributed by atoms with E-state index in [1.165, 1.54) is 29.2 Å². The molecule has 2 heterocycles. The largest absolute Gasteiger partial charge is 0.748 e. The van der Waals surface area contributed by atoms with Crippen LogP contribution in [0.3, 0.4) is 0 Å². The fraction of sp³-hybridized carbons (Fsp3) is 0.326. The van der Waals surface area contributed by atoms with Gasteiger partial charge in [0, 0.05) is 53.0 Å². The standard InChI is InChI=1S/C42H41N5O12.CH4O3S/c1-24(2)35-36-25(3)33(37(44(36)38(35)48)41(51)58-39(49)26-12-16-29(17-13-26)45(53)54)23-57-34-11-7-9-31-28(8-6-10-32(31)34)22-47(4,5)21-20-43-42(52)59-40(50)27-14-18-30(19-15-27)46(55)56;1-5(2,3)4/h6-19,24-25,35-36H,20-23H2,1-5H3;1H3,(H,2,3,4)/t25-,35+,36+;/m0./s1. The third-order valence-electron chi connectivity index (χ3n) is 10.6. The average Bonchev–Trinajstić information content (AvgIpc) is 3.46. The molecule has 2 aliphatic rings. The minimum Gasteiger partial charge on any atom is -0.748 e. The molecule has 4 aromatic rings. The number of nitro groups is 2. The second-order valence-corrected chi connectivity index (χ2v) is 17.5.